The van der Waals surface area contributed by atoms with Gasteiger partial charge in [0, 0.05) is 25.2 Å². The molecular weight excluding hydrogens is 208 g/mol. The van der Waals surface area contributed by atoms with Crippen molar-refractivity contribution in [3.8, 4) is 0 Å². The Balaban J connectivity index is 2.35. The third kappa shape index (κ3) is 6.22. The van der Waals surface area contributed by atoms with Crippen LogP contribution in [-0.2, 0) is 6.42 Å². The molecule has 2 heteroatoms. The summed E-state index contributed by atoms with van der Waals surface area (Å²) in [5.74, 6) is 0. The Morgan fingerprint density at radius 2 is 1.88 bits per heavy atom. The van der Waals surface area contributed by atoms with Crippen LogP contribution < -0.4 is 5.73 Å². The van der Waals surface area contributed by atoms with Crippen LogP contribution in [0.2, 0.25) is 0 Å². The summed E-state index contributed by atoms with van der Waals surface area (Å²) in [6, 6.07) is 10.4. The Bertz CT molecular complexity index is 317. The summed E-state index contributed by atoms with van der Waals surface area (Å²) in [5.41, 5.74) is 8.15. The van der Waals surface area contributed by atoms with Gasteiger partial charge in [-0.15, -0.1) is 0 Å². The van der Waals surface area contributed by atoms with Gasteiger partial charge in [-0.3, -0.25) is 4.99 Å². The van der Waals surface area contributed by atoms with Gasteiger partial charge in [0.25, 0.3) is 0 Å². The number of aliphatic imine (C=N–C) groups is 1. The lowest BCUT2D eigenvalue weighted by atomic mass is 10.1. The largest absolute Gasteiger partial charge is 0.325 e. The van der Waals surface area contributed by atoms with Crippen LogP contribution in [0.25, 0.3) is 0 Å². The molecule has 0 aliphatic heterocycles. The van der Waals surface area contributed by atoms with E-state index in [4.69, 9.17) is 5.73 Å². The zero-order valence-corrected chi connectivity index (χ0v) is 10.9. The fourth-order valence-electron chi connectivity index (χ4n) is 1.80. The highest BCUT2D eigenvalue weighted by atomic mass is 14.8. The molecule has 1 aromatic rings. The first kappa shape index (κ1) is 13.9. The molecule has 0 unspecified atom stereocenters. The molecule has 2 nitrogen and oxygen atoms in total. The molecule has 0 aliphatic rings. The summed E-state index contributed by atoms with van der Waals surface area (Å²) in [7, 11) is 0. The fourth-order valence-corrected chi connectivity index (χ4v) is 1.80. The molecule has 0 heterocycles. The molecular formula is C15H24N2. The average molecular weight is 232 g/mol. The number of hydrogen-bond donors (Lipinski definition) is 1. The minimum absolute atomic E-state index is 0.572. The summed E-state index contributed by atoms with van der Waals surface area (Å²) in [4.78, 5) is 4.60. The van der Waals surface area contributed by atoms with Gasteiger partial charge in [-0.05, 0) is 12.0 Å². The van der Waals surface area contributed by atoms with E-state index >= 15 is 0 Å². The Hall–Kier alpha value is -1.15. The highest BCUT2D eigenvalue weighted by Crippen LogP contribution is 2.02. The number of rotatable bonds is 8. The molecule has 1 rings (SSSR count). The SMILES string of the molecule is CCCCCCN=C(CN)Cc1ccccc1. The van der Waals surface area contributed by atoms with Crippen molar-refractivity contribution in [1.82, 2.24) is 0 Å². The monoisotopic (exact) mass is 232 g/mol. The van der Waals surface area contributed by atoms with Crippen LogP contribution >= 0.6 is 0 Å². The van der Waals surface area contributed by atoms with E-state index in [0.29, 0.717) is 6.54 Å². The van der Waals surface area contributed by atoms with E-state index in [2.05, 4.69) is 36.2 Å². The van der Waals surface area contributed by atoms with Gasteiger partial charge in [0.2, 0.25) is 0 Å². The predicted molar refractivity (Wildman–Crippen MR) is 75.6 cm³/mol. The first-order valence-corrected chi connectivity index (χ1v) is 6.63. The fraction of sp³-hybridized carbons (Fsp3) is 0.533. The van der Waals surface area contributed by atoms with Gasteiger partial charge in [0.1, 0.15) is 0 Å². The van der Waals surface area contributed by atoms with E-state index < -0.39 is 0 Å². The van der Waals surface area contributed by atoms with Crippen LogP contribution in [0.5, 0.6) is 0 Å². The number of unbranched alkanes of at least 4 members (excludes halogenated alkanes) is 3. The molecule has 0 atom stereocenters. The van der Waals surface area contributed by atoms with E-state index in [0.717, 1.165) is 18.7 Å². The first-order chi connectivity index (χ1) is 8.36. The topological polar surface area (TPSA) is 38.4 Å². The summed E-state index contributed by atoms with van der Waals surface area (Å²) < 4.78 is 0. The van der Waals surface area contributed by atoms with E-state index in [1.54, 1.807) is 0 Å². The molecule has 0 spiro atoms. The van der Waals surface area contributed by atoms with E-state index in [9.17, 15) is 0 Å². The quantitative estimate of drug-likeness (QED) is 0.542. The maximum absolute atomic E-state index is 5.73. The van der Waals surface area contributed by atoms with Crippen molar-refractivity contribution in [3.05, 3.63) is 35.9 Å². The lowest BCUT2D eigenvalue weighted by Gasteiger charge is -2.04. The van der Waals surface area contributed by atoms with Gasteiger partial charge in [-0.25, -0.2) is 0 Å². The maximum Gasteiger partial charge on any atom is 0.0389 e. The van der Waals surface area contributed by atoms with Crippen molar-refractivity contribution in [2.24, 2.45) is 10.7 Å². The molecule has 94 valence electrons. The van der Waals surface area contributed by atoms with Crippen molar-refractivity contribution >= 4 is 5.71 Å². The normalized spacial score (nSPS) is 11.8. The molecule has 2 N–H and O–H groups in total. The summed E-state index contributed by atoms with van der Waals surface area (Å²) in [6.45, 7) is 3.73. The predicted octanol–water partition coefficient (Wildman–Crippen LogP) is 3.21. The Morgan fingerprint density at radius 1 is 1.12 bits per heavy atom. The number of benzene rings is 1. The van der Waals surface area contributed by atoms with Gasteiger partial charge in [0.15, 0.2) is 0 Å². The number of hydrogen-bond acceptors (Lipinski definition) is 2. The molecule has 0 fully saturated rings. The zero-order valence-electron chi connectivity index (χ0n) is 10.9. The second kappa shape index (κ2) is 8.94. The molecule has 0 saturated heterocycles. The number of nitrogens with zero attached hydrogens (tertiary/aromatic N) is 1. The van der Waals surface area contributed by atoms with E-state index in [1.807, 2.05) is 6.07 Å². The van der Waals surface area contributed by atoms with E-state index in [1.165, 1.54) is 31.2 Å². The summed E-state index contributed by atoms with van der Waals surface area (Å²) >= 11 is 0. The smallest absolute Gasteiger partial charge is 0.0389 e. The van der Waals surface area contributed by atoms with Crippen LogP contribution in [0.4, 0.5) is 0 Å². The van der Waals surface area contributed by atoms with Gasteiger partial charge < -0.3 is 5.73 Å². The molecule has 0 bridgehead atoms. The zero-order chi connectivity index (χ0) is 12.3. The minimum Gasteiger partial charge on any atom is -0.325 e. The summed E-state index contributed by atoms with van der Waals surface area (Å²) in [6.07, 6.45) is 5.95. The van der Waals surface area contributed by atoms with E-state index in [-0.39, 0.29) is 0 Å². The minimum atomic E-state index is 0.572. The van der Waals surface area contributed by atoms with Crippen molar-refractivity contribution in [2.45, 2.75) is 39.0 Å². The molecule has 17 heavy (non-hydrogen) atoms. The van der Waals surface area contributed by atoms with Gasteiger partial charge in [0.05, 0.1) is 0 Å². The molecule has 0 radical (unpaired) electrons. The standard InChI is InChI=1S/C15H24N2/c1-2-3-4-8-11-17-15(13-16)12-14-9-6-5-7-10-14/h5-7,9-10H,2-4,8,11-13,16H2,1H3. The second-order valence-electron chi connectivity index (χ2n) is 4.38. The van der Waals surface area contributed by atoms with Crippen LogP contribution in [0.1, 0.15) is 38.2 Å². The van der Waals surface area contributed by atoms with Gasteiger partial charge in [-0.2, -0.15) is 0 Å². The van der Waals surface area contributed by atoms with Crippen LogP contribution in [0.15, 0.2) is 35.3 Å². The Kier molecular flexibility index (Phi) is 7.32. The second-order valence-corrected chi connectivity index (χ2v) is 4.38. The molecule has 1 aromatic carbocycles. The van der Waals surface area contributed by atoms with Crippen LogP contribution in [0.3, 0.4) is 0 Å². The van der Waals surface area contributed by atoms with Crippen molar-refractivity contribution in [3.63, 3.8) is 0 Å². The molecule has 0 aromatic heterocycles. The molecule has 0 amide bonds. The Morgan fingerprint density at radius 3 is 2.53 bits per heavy atom. The summed E-state index contributed by atoms with van der Waals surface area (Å²) in [5, 5.41) is 0. The highest BCUT2D eigenvalue weighted by molar-refractivity contribution is 5.88. The van der Waals surface area contributed by atoms with Crippen LogP contribution in [-0.4, -0.2) is 18.8 Å². The molecule has 0 aliphatic carbocycles. The lowest BCUT2D eigenvalue weighted by molar-refractivity contribution is 0.674. The van der Waals surface area contributed by atoms with Crippen molar-refractivity contribution in [2.75, 3.05) is 13.1 Å². The lowest BCUT2D eigenvalue weighted by Crippen LogP contribution is -2.17. The highest BCUT2D eigenvalue weighted by Gasteiger charge is 1.98. The van der Waals surface area contributed by atoms with Gasteiger partial charge in [-0.1, -0.05) is 56.5 Å². The van der Waals surface area contributed by atoms with Gasteiger partial charge >= 0.3 is 0 Å². The van der Waals surface area contributed by atoms with Crippen molar-refractivity contribution in [1.29, 1.82) is 0 Å². The third-order valence-corrected chi connectivity index (χ3v) is 2.83. The molecule has 0 saturated carbocycles. The Labute approximate surface area is 105 Å². The third-order valence-electron chi connectivity index (χ3n) is 2.83. The average Bonchev–Trinajstić information content (AvgIpc) is 2.38. The van der Waals surface area contributed by atoms with Crippen molar-refractivity contribution < 1.29 is 0 Å². The van der Waals surface area contributed by atoms with Crippen LogP contribution in [0, 0.1) is 0 Å². The first-order valence-electron chi connectivity index (χ1n) is 6.63. The number of nitrogens with two attached hydrogens (primary N) is 1. The maximum atomic E-state index is 5.73.